The zero-order valence-corrected chi connectivity index (χ0v) is 10.9. The van der Waals surface area contributed by atoms with Gasteiger partial charge in [0.25, 0.3) is 5.91 Å². The number of carbonyl (C=O) groups is 1. The van der Waals surface area contributed by atoms with Crippen LogP contribution >= 0.6 is 11.3 Å². The van der Waals surface area contributed by atoms with Gasteiger partial charge in [0.1, 0.15) is 4.88 Å². The molecule has 4 nitrogen and oxygen atoms in total. The van der Waals surface area contributed by atoms with Crippen molar-refractivity contribution in [2.45, 2.75) is 26.2 Å². The van der Waals surface area contributed by atoms with Gasteiger partial charge in [-0.1, -0.05) is 0 Å². The first-order valence-electron chi connectivity index (χ1n) is 6.03. The lowest BCUT2D eigenvalue weighted by Crippen LogP contribution is -2.28. The van der Waals surface area contributed by atoms with Gasteiger partial charge >= 0.3 is 0 Å². The Bertz CT molecular complexity index is 372. The van der Waals surface area contributed by atoms with Crippen molar-refractivity contribution in [3.05, 3.63) is 16.1 Å². The lowest BCUT2D eigenvalue weighted by atomic mass is 9.99. The van der Waals surface area contributed by atoms with Crippen LogP contribution in [0.4, 0.5) is 0 Å². The van der Waals surface area contributed by atoms with Crippen LogP contribution in [0.1, 0.15) is 34.6 Å². The standard InChI is InChI=1S/C12H18N2O2S/c1-9-11(17-8-14-9)12(15)13-5-4-10-3-2-6-16-7-10/h8,10H,2-7H2,1H3,(H,13,15)/t10-/m1/s1. The summed E-state index contributed by atoms with van der Waals surface area (Å²) in [7, 11) is 0. The Morgan fingerprint density at radius 2 is 2.59 bits per heavy atom. The molecule has 1 atom stereocenters. The maximum absolute atomic E-state index is 11.8. The van der Waals surface area contributed by atoms with Crippen molar-refractivity contribution in [1.29, 1.82) is 0 Å². The third-order valence-corrected chi connectivity index (χ3v) is 3.97. The topological polar surface area (TPSA) is 51.2 Å². The summed E-state index contributed by atoms with van der Waals surface area (Å²) in [6, 6.07) is 0. The number of thiazole rings is 1. The molecule has 0 aliphatic carbocycles. The second kappa shape index (κ2) is 6.12. The second-order valence-corrected chi connectivity index (χ2v) is 5.25. The van der Waals surface area contributed by atoms with Gasteiger partial charge in [0, 0.05) is 19.8 Å². The predicted octanol–water partition coefficient (Wildman–Crippen LogP) is 2.00. The van der Waals surface area contributed by atoms with Crippen molar-refractivity contribution < 1.29 is 9.53 Å². The molecule has 0 saturated carbocycles. The molecule has 0 unspecified atom stereocenters. The van der Waals surface area contributed by atoms with Crippen LogP contribution in [0.3, 0.4) is 0 Å². The molecule has 1 saturated heterocycles. The van der Waals surface area contributed by atoms with Crippen molar-refractivity contribution in [2.24, 2.45) is 5.92 Å². The van der Waals surface area contributed by atoms with Crippen LogP contribution in [0.5, 0.6) is 0 Å². The third-order valence-electron chi connectivity index (χ3n) is 3.04. The van der Waals surface area contributed by atoms with Crippen molar-refractivity contribution in [3.63, 3.8) is 0 Å². The first kappa shape index (κ1) is 12.5. The molecule has 5 heteroatoms. The van der Waals surface area contributed by atoms with Gasteiger partial charge in [-0.15, -0.1) is 11.3 Å². The predicted molar refractivity (Wildman–Crippen MR) is 67.3 cm³/mol. The van der Waals surface area contributed by atoms with Crippen molar-refractivity contribution in [1.82, 2.24) is 10.3 Å². The van der Waals surface area contributed by atoms with Crippen molar-refractivity contribution >= 4 is 17.2 Å². The molecule has 2 heterocycles. The fraction of sp³-hybridized carbons (Fsp3) is 0.667. The van der Waals surface area contributed by atoms with Gasteiger partial charge < -0.3 is 10.1 Å². The Labute approximate surface area is 105 Å². The second-order valence-electron chi connectivity index (χ2n) is 4.39. The molecule has 1 N–H and O–H groups in total. The molecule has 1 amide bonds. The van der Waals surface area contributed by atoms with E-state index in [4.69, 9.17) is 4.74 Å². The molecule has 1 aliphatic heterocycles. The van der Waals surface area contributed by atoms with E-state index in [0.29, 0.717) is 5.92 Å². The molecule has 2 rings (SSSR count). The van der Waals surface area contributed by atoms with Gasteiger partial charge in [-0.3, -0.25) is 4.79 Å². The number of amides is 1. The molecule has 1 aliphatic rings. The zero-order chi connectivity index (χ0) is 12.1. The monoisotopic (exact) mass is 254 g/mol. The summed E-state index contributed by atoms with van der Waals surface area (Å²) in [5.74, 6) is 0.605. The summed E-state index contributed by atoms with van der Waals surface area (Å²) < 4.78 is 5.41. The van der Waals surface area contributed by atoms with E-state index in [1.807, 2.05) is 6.92 Å². The highest BCUT2D eigenvalue weighted by Crippen LogP contribution is 2.16. The molecule has 0 bridgehead atoms. The summed E-state index contributed by atoms with van der Waals surface area (Å²) >= 11 is 1.40. The number of ether oxygens (including phenoxy) is 1. The summed E-state index contributed by atoms with van der Waals surface area (Å²) in [5, 5.41) is 2.95. The number of nitrogens with zero attached hydrogens (tertiary/aromatic N) is 1. The van der Waals surface area contributed by atoms with Crippen LogP contribution in [-0.2, 0) is 4.74 Å². The molecule has 0 spiro atoms. The Morgan fingerprint density at radius 1 is 1.71 bits per heavy atom. The smallest absolute Gasteiger partial charge is 0.263 e. The van der Waals surface area contributed by atoms with Gasteiger partial charge in [-0.05, 0) is 32.1 Å². The first-order valence-corrected chi connectivity index (χ1v) is 6.91. The Hall–Kier alpha value is -0.940. The Balaban J connectivity index is 1.71. The van der Waals surface area contributed by atoms with Crippen LogP contribution < -0.4 is 5.32 Å². The third kappa shape index (κ3) is 3.51. The normalized spacial score (nSPS) is 20.2. The highest BCUT2D eigenvalue weighted by atomic mass is 32.1. The van der Waals surface area contributed by atoms with Gasteiger partial charge in [0.2, 0.25) is 0 Å². The Morgan fingerprint density at radius 3 is 3.24 bits per heavy atom. The molecular formula is C12H18N2O2S. The van der Waals surface area contributed by atoms with E-state index in [1.54, 1.807) is 5.51 Å². The fourth-order valence-corrected chi connectivity index (χ4v) is 2.74. The maximum Gasteiger partial charge on any atom is 0.263 e. The fourth-order valence-electron chi connectivity index (χ4n) is 2.03. The van der Waals surface area contributed by atoms with E-state index in [2.05, 4.69) is 10.3 Å². The zero-order valence-electron chi connectivity index (χ0n) is 10.1. The minimum atomic E-state index is 0.00160. The van der Waals surface area contributed by atoms with Crippen LogP contribution in [0.2, 0.25) is 0 Å². The number of hydrogen-bond donors (Lipinski definition) is 1. The van der Waals surface area contributed by atoms with E-state index in [9.17, 15) is 4.79 Å². The lowest BCUT2D eigenvalue weighted by molar-refractivity contribution is 0.0514. The molecular weight excluding hydrogens is 236 g/mol. The number of aromatic nitrogens is 1. The highest BCUT2D eigenvalue weighted by molar-refractivity contribution is 7.11. The number of nitrogens with one attached hydrogen (secondary N) is 1. The molecule has 94 valence electrons. The van der Waals surface area contributed by atoms with Gasteiger partial charge in [-0.2, -0.15) is 0 Å². The van der Waals surface area contributed by atoms with Crippen molar-refractivity contribution in [3.8, 4) is 0 Å². The van der Waals surface area contributed by atoms with E-state index in [-0.39, 0.29) is 5.91 Å². The van der Waals surface area contributed by atoms with E-state index in [1.165, 1.54) is 17.8 Å². The first-order chi connectivity index (χ1) is 8.27. The van der Waals surface area contributed by atoms with Crippen LogP contribution in [0, 0.1) is 12.8 Å². The molecule has 1 fully saturated rings. The molecule has 1 aromatic rings. The SMILES string of the molecule is Cc1ncsc1C(=O)NCC[C@H]1CCCOC1. The van der Waals surface area contributed by atoms with Gasteiger partial charge in [0.05, 0.1) is 11.2 Å². The molecule has 1 aromatic heterocycles. The van der Waals surface area contributed by atoms with Crippen LogP contribution in [0.25, 0.3) is 0 Å². The summed E-state index contributed by atoms with van der Waals surface area (Å²) in [5.41, 5.74) is 2.52. The van der Waals surface area contributed by atoms with E-state index in [0.717, 1.165) is 43.2 Å². The Kier molecular flexibility index (Phi) is 4.50. The summed E-state index contributed by atoms with van der Waals surface area (Å²) in [6.07, 6.45) is 3.37. The minimum absolute atomic E-state index is 0.00160. The quantitative estimate of drug-likeness (QED) is 0.894. The van der Waals surface area contributed by atoms with Gasteiger partial charge in [-0.25, -0.2) is 4.98 Å². The van der Waals surface area contributed by atoms with E-state index >= 15 is 0 Å². The van der Waals surface area contributed by atoms with E-state index < -0.39 is 0 Å². The lowest BCUT2D eigenvalue weighted by Gasteiger charge is -2.21. The minimum Gasteiger partial charge on any atom is -0.381 e. The average molecular weight is 254 g/mol. The summed E-state index contributed by atoms with van der Waals surface area (Å²) in [4.78, 5) is 16.6. The summed E-state index contributed by atoms with van der Waals surface area (Å²) in [6.45, 7) is 4.32. The average Bonchev–Trinajstić information content (AvgIpc) is 2.77. The maximum atomic E-state index is 11.8. The number of hydrogen-bond acceptors (Lipinski definition) is 4. The number of carbonyl (C=O) groups excluding carboxylic acids is 1. The number of aryl methyl sites for hydroxylation is 1. The largest absolute Gasteiger partial charge is 0.381 e. The molecule has 0 radical (unpaired) electrons. The highest BCUT2D eigenvalue weighted by Gasteiger charge is 2.15. The van der Waals surface area contributed by atoms with Crippen LogP contribution in [-0.4, -0.2) is 30.6 Å². The molecule has 0 aromatic carbocycles. The van der Waals surface area contributed by atoms with Crippen molar-refractivity contribution in [2.75, 3.05) is 19.8 Å². The molecule has 17 heavy (non-hydrogen) atoms. The van der Waals surface area contributed by atoms with Crippen LogP contribution in [0.15, 0.2) is 5.51 Å². The van der Waals surface area contributed by atoms with Gasteiger partial charge in [0.15, 0.2) is 0 Å². The number of rotatable bonds is 4.